The van der Waals surface area contributed by atoms with Crippen LogP contribution in [0.25, 0.3) is 0 Å². The molecule has 0 saturated heterocycles. The van der Waals surface area contributed by atoms with E-state index in [9.17, 15) is 9.59 Å². The van der Waals surface area contributed by atoms with E-state index in [4.69, 9.17) is 34.8 Å². The first-order valence-electron chi connectivity index (χ1n) is 3.25. The molecule has 4 nitrogen and oxygen atoms in total. The van der Waals surface area contributed by atoms with Gasteiger partial charge in [-0.3, -0.25) is 4.79 Å². The van der Waals surface area contributed by atoms with Crippen molar-refractivity contribution in [3.63, 3.8) is 0 Å². The van der Waals surface area contributed by atoms with Gasteiger partial charge in [0.25, 0.3) is 0 Å². The molecule has 0 amide bonds. The highest BCUT2D eigenvalue weighted by Crippen LogP contribution is 2.39. The lowest BCUT2D eigenvalue weighted by Crippen LogP contribution is -2.10. The average Bonchev–Trinajstić information content (AvgIpc) is 2.45. The van der Waals surface area contributed by atoms with E-state index in [2.05, 4.69) is 9.72 Å². The number of aromatic amines is 1. The van der Waals surface area contributed by atoms with Gasteiger partial charge in [-0.2, -0.15) is 0 Å². The van der Waals surface area contributed by atoms with Crippen LogP contribution in [0.15, 0.2) is 4.79 Å². The summed E-state index contributed by atoms with van der Waals surface area (Å²) in [5.74, 6) is -0.713. The number of halogens is 3. The van der Waals surface area contributed by atoms with Crippen LogP contribution in [0.2, 0.25) is 0 Å². The number of alkyl halides is 3. The van der Waals surface area contributed by atoms with Crippen LogP contribution in [-0.2, 0) is 8.53 Å². The summed E-state index contributed by atoms with van der Waals surface area (Å²) in [5.41, 5.74) is -0.0654. The van der Waals surface area contributed by atoms with Crippen LogP contribution in [0.1, 0.15) is 15.4 Å². The molecule has 0 fully saturated rings. The third kappa shape index (κ3) is 2.42. The van der Waals surface area contributed by atoms with E-state index in [0.29, 0.717) is 11.3 Å². The van der Waals surface area contributed by atoms with E-state index in [0.717, 1.165) is 0 Å². The summed E-state index contributed by atoms with van der Waals surface area (Å²) in [6, 6.07) is 0. The number of thiazole rings is 1. The number of methoxy groups -OCH3 is 1. The van der Waals surface area contributed by atoms with Crippen LogP contribution in [0.4, 0.5) is 0 Å². The Labute approximate surface area is 97.7 Å². The Morgan fingerprint density at radius 3 is 2.50 bits per heavy atom. The highest BCUT2D eigenvalue weighted by Gasteiger charge is 2.32. The zero-order chi connectivity index (χ0) is 10.9. The van der Waals surface area contributed by atoms with Crippen molar-refractivity contribution in [2.45, 2.75) is 3.79 Å². The Balaban J connectivity index is 3.30. The van der Waals surface area contributed by atoms with Crippen molar-refractivity contribution in [1.29, 1.82) is 0 Å². The highest BCUT2D eigenvalue weighted by molar-refractivity contribution is 7.11. The first-order chi connectivity index (χ1) is 6.36. The second kappa shape index (κ2) is 4.10. The number of ether oxygens (including phenoxy) is 1. The molecular weight excluding hydrogens is 272 g/mol. The van der Waals surface area contributed by atoms with Gasteiger partial charge in [-0.1, -0.05) is 46.1 Å². The zero-order valence-electron chi connectivity index (χ0n) is 6.77. The number of aromatic nitrogens is 1. The van der Waals surface area contributed by atoms with Gasteiger partial charge in [-0.15, -0.1) is 0 Å². The van der Waals surface area contributed by atoms with Crippen LogP contribution < -0.4 is 4.87 Å². The molecule has 1 heterocycles. The van der Waals surface area contributed by atoms with E-state index < -0.39 is 14.6 Å². The maximum absolute atomic E-state index is 11.1. The van der Waals surface area contributed by atoms with E-state index in [1.54, 1.807) is 0 Å². The molecule has 78 valence electrons. The number of hydrogen-bond acceptors (Lipinski definition) is 4. The molecule has 0 aliphatic rings. The lowest BCUT2D eigenvalue weighted by Gasteiger charge is -2.09. The molecule has 0 unspecified atom stereocenters. The van der Waals surface area contributed by atoms with E-state index in [1.165, 1.54) is 7.11 Å². The molecule has 0 aliphatic heterocycles. The van der Waals surface area contributed by atoms with Gasteiger partial charge in [-0.25, -0.2) is 4.79 Å². The number of esters is 1. The molecule has 1 aromatic rings. The maximum atomic E-state index is 11.1. The minimum atomic E-state index is -1.84. The summed E-state index contributed by atoms with van der Waals surface area (Å²) in [7, 11) is 1.18. The first kappa shape index (κ1) is 11.8. The summed E-state index contributed by atoms with van der Waals surface area (Å²) in [5, 5.41) is 0. The van der Waals surface area contributed by atoms with Crippen LogP contribution in [0.5, 0.6) is 0 Å². The molecule has 0 saturated carbocycles. The molecule has 1 N–H and O–H groups in total. The summed E-state index contributed by atoms with van der Waals surface area (Å²) >= 11 is 17.2. The predicted octanol–water partition coefficient (Wildman–Crippen LogP) is 2.05. The third-order valence-corrected chi connectivity index (χ3v) is 2.73. The fourth-order valence-electron chi connectivity index (χ4n) is 0.764. The number of carbonyl (C=O) groups excluding carboxylic acids is 1. The number of hydrogen-bond donors (Lipinski definition) is 1. The van der Waals surface area contributed by atoms with Crippen molar-refractivity contribution in [2.24, 2.45) is 0 Å². The maximum Gasteiger partial charge on any atom is 0.350 e. The van der Waals surface area contributed by atoms with Crippen molar-refractivity contribution in [3.8, 4) is 0 Å². The van der Waals surface area contributed by atoms with Gasteiger partial charge in [0.15, 0.2) is 0 Å². The molecule has 0 radical (unpaired) electrons. The van der Waals surface area contributed by atoms with E-state index in [1.807, 2.05) is 0 Å². The Morgan fingerprint density at radius 1 is 1.50 bits per heavy atom. The molecule has 8 heteroatoms. The molecule has 0 atom stereocenters. The van der Waals surface area contributed by atoms with Gasteiger partial charge in [0, 0.05) is 0 Å². The monoisotopic (exact) mass is 275 g/mol. The van der Waals surface area contributed by atoms with Gasteiger partial charge in [-0.05, 0) is 0 Å². The topological polar surface area (TPSA) is 59.2 Å². The molecule has 0 aliphatic carbocycles. The van der Waals surface area contributed by atoms with Crippen LogP contribution in [-0.4, -0.2) is 18.1 Å². The lowest BCUT2D eigenvalue weighted by molar-refractivity contribution is 0.0605. The van der Waals surface area contributed by atoms with Gasteiger partial charge in [0.1, 0.15) is 4.88 Å². The van der Waals surface area contributed by atoms with Crippen LogP contribution in [0.3, 0.4) is 0 Å². The minimum absolute atomic E-state index is 0.0301. The fourth-order valence-corrected chi connectivity index (χ4v) is 2.17. The van der Waals surface area contributed by atoms with Crippen molar-refractivity contribution < 1.29 is 9.53 Å². The van der Waals surface area contributed by atoms with Crippen molar-refractivity contribution >= 4 is 52.1 Å². The normalized spacial score (nSPS) is 11.4. The predicted molar refractivity (Wildman–Crippen MR) is 55.5 cm³/mol. The summed E-state index contributed by atoms with van der Waals surface area (Å²) in [4.78, 5) is 23.9. The first-order valence-corrected chi connectivity index (χ1v) is 5.20. The van der Waals surface area contributed by atoms with Crippen molar-refractivity contribution in [2.75, 3.05) is 7.11 Å². The largest absolute Gasteiger partial charge is 0.465 e. The van der Waals surface area contributed by atoms with E-state index >= 15 is 0 Å². The molecule has 1 rings (SSSR count). The minimum Gasteiger partial charge on any atom is -0.465 e. The van der Waals surface area contributed by atoms with Gasteiger partial charge < -0.3 is 9.72 Å². The number of carbonyl (C=O) groups is 1. The van der Waals surface area contributed by atoms with Gasteiger partial charge in [0.05, 0.1) is 12.8 Å². The Bertz CT molecular complexity index is 405. The highest BCUT2D eigenvalue weighted by atomic mass is 35.6. The molecule has 0 bridgehead atoms. The molecule has 1 aromatic heterocycles. The average molecular weight is 277 g/mol. The summed E-state index contributed by atoms with van der Waals surface area (Å²) in [6.07, 6.45) is 0. The molecule has 0 aromatic carbocycles. The Kier molecular flexibility index (Phi) is 3.47. The molecule has 0 spiro atoms. The van der Waals surface area contributed by atoms with Gasteiger partial charge in [0.2, 0.25) is 3.79 Å². The van der Waals surface area contributed by atoms with Crippen LogP contribution >= 0.6 is 46.1 Å². The number of nitrogens with one attached hydrogen (secondary N) is 1. The third-order valence-electron chi connectivity index (χ3n) is 1.30. The zero-order valence-corrected chi connectivity index (χ0v) is 9.85. The van der Waals surface area contributed by atoms with Crippen molar-refractivity contribution in [1.82, 2.24) is 4.98 Å². The Morgan fingerprint density at radius 2 is 2.07 bits per heavy atom. The Hall–Kier alpha value is -0.230. The van der Waals surface area contributed by atoms with Crippen molar-refractivity contribution in [3.05, 3.63) is 20.2 Å². The number of H-pyrrole nitrogens is 1. The second-order valence-corrected chi connectivity index (χ2v) is 5.47. The van der Waals surface area contributed by atoms with Crippen LogP contribution in [0, 0.1) is 0 Å². The van der Waals surface area contributed by atoms with Gasteiger partial charge >= 0.3 is 10.8 Å². The smallest absolute Gasteiger partial charge is 0.350 e. The fraction of sp³-hybridized carbons (Fsp3) is 0.333. The molecule has 14 heavy (non-hydrogen) atoms. The van der Waals surface area contributed by atoms with E-state index in [-0.39, 0.29) is 10.6 Å². The number of rotatable bonds is 1. The summed E-state index contributed by atoms with van der Waals surface area (Å²) in [6.45, 7) is 0. The standard InChI is InChI=1S/C6H4Cl3NO3S/c1-13-4(11)2-3(6(7,8)9)10-5(12)14-2/h1H3,(H,10,12). The quantitative estimate of drug-likeness (QED) is 0.631. The molecular formula is C6H4Cl3NO3S. The lowest BCUT2D eigenvalue weighted by atomic mass is 10.4. The second-order valence-electron chi connectivity index (χ2n) is 2.21. The summed E-state index contributed by atoms with van der Waals surface area (Å²) < 4.78 is 2.58. The SMILES string of the molecule is COC(=O)c1sc(=O)[nH]c1C(Cl)(Cl)Cl.